The number of morpholine rings is 1. The molecule has 1 heterocycles. The second kappa shape index (κ2) is 8.08. The van der Waals surface area contributed by atoms with Crippen LogP contribution in [-0.4, -0.2) is 55.2 Å². The lowest BCUT2D eigenvalue weighted by Crippen LogP contribution is -2.43. The molecule has 0 aromatic rings. The average Bonchev–Trinajstić information content (AvgIpc) is 3.01. The summed E-state index contributed by atoms with van der Waals surface area (Å²) in [5.74, 6) is 0.00659. The summed E-state index contributed by atoms with van der Waals surface area (Å²) in [6.45, 7) is 4.45. The van der Waals surface area contributed by atoms with Crippen molar-refractivity contribution < 1.29 is 14.3 Å². The molecule has 2 rings (SSSR count). The Hall–Kier alpha value is -1.69. The molecule has 0 aromatic carbocycles. The van der Waals surface area contributed by atoms with E-state index in [-0.39, 0.29) is 18.2 Å². The highest BCUT2D eigenvalue weighted by atomic mass is 16.5. The van der Waals surface area contributed by atoms with Gasteiger partial charge in [0.25, 0.3) is 5.91 Å². The van der Waals surface area contributed by atoms with Crippen LogP contribution in [0.4, 0.5) is 0 Å². The summed E-state index contributed by atoms with van der Waals surface area (Å²) in [7, 11) is 0. The minimum absolute atomic E-state index is 0.132. The third-order valence-corrected chi connectivity index (χ3v) is 4.02. The Morgan fingerprint density at radius 1 is 1.27 bits per heavy atom. The van der Waals surface area contributed by atoms with E-state index in [4.69, 9.17) is 10.5 Å². The van der Waals surface area contributed by atoms with Gasteiger partial charge in [-0.2, -0.15) is 0 Å². The van der Waals surface area contributed by atoms with Gasteiger partial charge in [0.15, 0.2) is 5.78 Å². The fourth-order valence-electron chi connectivity index (χ4n) is 2.80. The summed E-state index contributed by atoms with van der Waals surface area (Å²) in [5, 5.41) is 0. The zero-order valence-corrected chi connectivity index (χ0v) is 13.3. The van der Waals surface area contributed by atoms with Crippen molar-refractivity contribution in [3.8, 4) is 0 Å². The molecule has 1 saturated carbocycles. The van der Waals surface area contributed by atoms with Crippen LogP contribution >= 0.6 is 0 Å². The van der Waals surface area contributed by atoms with Crippen molar-refractivity contribution in [2.24, 2.45) is 10.7 Å². The molecule has 1 aliphatic heterocycles. The van der Waals surface area contributed by atoms with E-state index >= 15 is 0 Å². The van der Waals surface area contributed by atoms with Gasteiger partial charge in [-0.25, -0.2) is 0 Å². The van der Waals surface area contributed by atoms with Crippen molar-refractivity contribution in [2.45, 2.75) is 39.0 Å². The Morgan fingerprint density at radius 3 is 2.68 bits per heavy atom. The molecule has 0 radical (unpaired) electrons. The van der Waals surface area contributed by atoms with Crippen molar-refractivity contribution in [2.75, 3.05) is 32.8 Å². The first-order valence-electron chi connectivity index (χ1n) is 8.04. The number of carbonyl (C=O) groups is 2. The van der Waals surface area contributed by atoms with Crippen molar-refractivity contribution in [1.82, 2.24) is 4.90 Å². The molecule has 6 heteroatoms. The summed E-state index contributed by atoms with van der Waals surface area (Å²) in [5.41, 5.74) is 8.05. The molecule has 0 unspecified atom stereocenters. The molecule has 2 N–H and O–H groups in total. The first kappa shape index (κ1) is 16.7. The van der Waals surface area contributed by atoms with Crippen LogP contribution in [0.15, 0.2) is 16.3 Å². The molecule has 22 heavy (non-hydrogen) atoms. The average molecular weight is 307 g/mol. The minimum Gasteiger partial charge on any atom is -0.394 e. The molecule has 122 valence electrons. The van der Waals surface area contributed by atoms with E-state index in [1.807, 2.05) is 6.92 Å². The normalized spacial score (nSPS) is 23.0. The van der Waals surface area contributed by atoms with E-state index < -0.39 is 0 Å². The number of amides is 1. The number of nitrogens with two attached hydrogens (primary N) is 1. The Morgan fingerprint density at radius 2 is 2.00 bits per heavy atom. The SMILES string of the molecule is CCCC(=O)CN=C1CCC/C1=C(/N)C(=O)N1CCOCC1. The minimum atomic E-state index is -0.132. The molecular weight excluding hydrogens is 282 g/mol. The summed E-state index contributed by atoms with van der Waals surface area (Å²) < 4.78 is 5.25. The predicted octanol–water partition coefficient (Wildman–Crippen LogP) is 1.05. The van der Waals surface area contributed by atoms with Crippen LogP contribution in [0, 0.1) is 0 Å². The number of aliphatic imine (C=N–C) groups is 1. The third kappa shape index (κ3) is 4.16. The van der Waals surface area contributed by atoms with Gasteiger partial charge in [0.05, 0.1) is 19.8 Å². The van der Waals surface area contributed by atoms with Crippen LogP contribution in [0.25, 0.3) is 0 Å². The monoisotopic (exact) mass is 307 g/mol. The molecule has 0 atom stereocenters. The topological polar surface area (TPSA) is 85.0 Å². The fraction of sp³-hybridized carbons (Fsp3) is 0.688. The van der Waals surface area contributed by atoms with Gasteiger partial charge in [-0.05, 0) is 25.7 Å². The van der Waals surface area contributed by atoms with Gasteiger partial charge in [0.1, 0.15) is 5.70 Å². The van der Waals surface area contributed by atoms with Crippen molar-refractivity contribution in [3.05, 3.63) is 11.3 Å². The predicted molar refractivity (Wildman–Crippen MR) is 84.7 cm³/mol. The van der Waals surface area contributed by atoms with Crippen molar-refractivity contribution in [3.63, 3.8) is 0 Å². The quantitative estimate of drug-likeness (QED) is 0.769. The first-order valence-corrected chi connectivity index (χ1v) is 8.04. The maximum atomic E-state index is 12.4. The standard InChI is InChI=1S/C16H25N3O3/c1-2-4-12(20)11-18-14-6-3-5-13(14)15(17)16(21)19-7-9-22-10-8-19/h2-11,17H2,1H3/b15-13-,18-14?. The number of hydrogen-bond acceptors (Lipinski definition) is 5. The lowest BCUT2D eigenvalue weighted by atomic mass is 10.1. The van der Waals surface area contributed by atoms with Crippen molar-refractivity contribution >= 4 is 17.4 Å². The second-order valence-corrected chi connectivity index (χ2v) is 5.70. The van der Waals surface area contributed by atoms with Gasteiger partial charge in [-0.1, -0.05) is 6.92 Å². The van der Waals surface area contributed by atoms with E-state index in [1.54, 1.807) is 4.90 Å². The maximum Gasteiger partial charge on any atom is 0.270 e. The summed E-state index contributed by atoms with van der Waals surface area (Å²) >= 11 is 0. The highest BCUT2D eigenvalue weighted by Gasteiger charge is 2.26. The number of carbonyl (C=O) groups excluding carboxylic acids is 2. The van der Waals surface area contributed by atoms with Crippen LogP contribution in [0.2, 0.25) is 0 Å². The van der Waals surface area contributed by atoms with E-state index in [9.17, 15) is 9.59 Å². The molecule has 2 aliphatic rings. The van der Waals surface area contributed by atoms with E-state index in [0.29, 0.717) is 38.4 Å². The zero-order chi connectivity index (χ0) is 15.9. The van der Waals surface area contributed by atoms with E-state index in [2.05, 4.69) is 4.99 Å². The zero-order valence-electron chi connectivity index (χ0n) is 13.3. The second-order valence-electron chi connectivity index (χ2n) is 5.70. The Kier molecular flexibility index (Phi) is 6.12. The smallest absolute Gasteiger partial charge is 0.270 e. The highest BCUT2D eigenvalue weighted by Crippen LogP contribution is 2.24. The highest BCUT2D eigenvalue weighted by molar-refractivity contribution is 6.09. The van der Waals surface area contributed by atoms with E-state index in [0.717, 1.165) is 37.0 Å². The Labute approximate surface area is 131 Å². The van der Waals surface area contributed by atoms with Crippen LogP contribution in [0.1, 0.15) is 39.0 Å². The number of hydrogen-bond donors (Lipinski definition) is 1. The maximum absolute atomic E-state index is 12.4. The Balaban J connectivity index is 2.08. The largest absolute Gasteiger partial charge is 0.394 e. The molecule has 0 aromatic heterocycles. The number of nitrogens with zero attached hydrogens (tertiary/aromatic N) is 2. The molecular formula is C16H25N3O3. The molecule has 1 amide bonds. The van der Waals surface area contributed by atoms with Gasteiger partial charge in [0, 0.05) is 30.8 Å². The summed E-state index contributed by atoms with van der Waals surface area (Å²) in [6, 6.07) is 0. The molecule has 1 aliphatic carbocycles. The first-order chi connectivity index (χ1) is 10.6. The van der Waals surface area contributed by atoms with Gasteiger partial charge in [-0.3, -0.25) is 14.6 Å². The number of ether oxygens (including phenoxy) is 1. The number of Topliss-reactive ketones (excluding diaryl/α,β-unsaturated/α-hetero) is 1. The van der Waals surface area contributed by atoms with Gasteiger partial charge >= 0.3 is 0 Å². The van der Waals surface area contributed by atoms with Gasteiger partial charge in [0.2, 0.25) is 0 Å². The summed E-state index contributed by atoms with van der Waals surface area (Å²) in [6.07, 6.45) is 3.89. The molecule has 0 spiro atoms. The molecule has 6 nitrogen and oxygen atoms in total. The van der Waals surface area contributed by atoms with Crippen LogP contribution in [0.3, 0.4) is 0 Å². The third-order valence-electron chi connectivity index (χ3n) is 4.02. The number of allylic oxidation sites excluding steroid dienone is 1. The van der Waals surface area contributed by atoms with Crippen molar-refractivity contribution in [1.29, 1.82) is 0 Å². The van der Waals surface area contributed by atoms with Gasteiger partial charge < -0.3 is 15.4 Å². The lowest BCUT2D eigenvalue weighted by molar-refractivity contribution is -0.131. The van der Waals surface area contributed by atoms with Crippen LogP contribution in [0.5, 0.6) is 0 Å². The number of ketones is 1. The van der Waals surface area contributed by atoms with E-state index in [1.165, 1.54) is 0 Å². The lowest BCUT2D eigenvalue weighted by Gasteiger charge is -2.27. The molecule has 1 saturated heterocycles. The van der Waals surface area contributed by atoms with Crippen LogP contribution < -0.4 is 5.73 Å². The fourth-order valence-corrected chi connectivity index (χ4v) is 2.80. The molecule has 0 bridgehead atoms. The van der Waals surface area contributed by atoms with Gasteiger partial charge in [-0.15, -0.1) is 0 Å². The van der Waals surface area contributed by atoms with Crippen LogP contribution in [-0.2, 0) is 14.3 Å². The summed E-state index contributed by atoms with van der Waals surface area (Å²) in [4.78, 5) is 30.2. The molecule has 2 fully saturated rings. The Bertz CT molecular complexity index is 491. The number of rotatable bonds is 5.